The van der Waals surface area contributed by atoms with E-state index in [2.05, 4.69) is 15.6 Å². The van der Waals surface area contributed by atoms with Gasteiger partial charge in [-0.25, -0.2) is 4.79 Å². The number of nitrogens with one attached hydrogen (secondary N) is 2. The van der Waals surface area contributed by atoms with E-state index < -0.39 is 11.7 Å². The molecule has 198 valence electrons. The van der Waals surface area contributed by atoms with Crippen molar-refractivity contribution in [1.29, 1.82) is 0 Å². The molecule has 2 aromatic heterocycles. The first-order valence-corrected chi connectivity index (χ1v) is 12.4. The number of aliphatic hydroxyl groups is 2. The van der Waals surface area contributed by atoms with Gasteiger partial charge in [0.25, 0.3) is 0 Å². The summed E-state index contributed by atoms with van der Waals surface area (Å²) in [5, 5.41) is 30.5. The van der Waals surface area contributed by atoms with Gasteiger partial charge in [0.05, 0.1) is 30.8 Å². The van der Waals surface area contributed by atoms with Crippen molar-refractivity contribution in [2.45, 2.75) is 32.9 Å². The summed E-state index contributed by atoms with van der Waals surface area (Å²) in [7, 11) is 0. The number of amides is 1. The number of anilines is 1. The molecule has 1 aliphatic carbocycles. The van der Waals surface area contributed by atoms with Gasteiger partial charge in [0.2, 0.25) is 0 Å². The minimum Gasteiger partial charge on any atom is -0.444 e. The normalized spacial score (nSPS) is 12.5. The van der Waals surface area contributed by atoms with Crippen LogP contribution in [-0.4, -0.2) is 93.3 Å². The van der Waals surface area contributed by atoms with Crippen LogP contribution < -0.4 is 10.6 Å². The standard InChI is InChI=1S/C26H34N6O5/c1-26(2,3)37-25(36)31(13-15-34)11-12-32-20-5-4-19(29-9-8-27-10-14-33)21-22(20)23(30-32)18-16-28-7-6-17(18)24(21)35/h4-7,16,27,29,33-34H,8-15H2,1-3H3. The Morgan fingerprint density at radius 3 is 2.62 bits per heavy atom. The lowest BCUT2D eigenvalue weighted by Gasteiger charge is -2.27. The molecule has 11 nitrogen and oxygen atoms in total. The molecule has 0 saturated heterocycles. The molecule has 1 aliphatic rings. The first-order valence-electron chi connectivity index (χ1n) is 12.4. The molecular formula is C26H34N6O5. The summed E-state index contributed by atoms with van der Waals surface area (Å²) in [5.74, 6) is -0.100. The van der Waals surface area contributed by atoms with Gasteiger partial charge in [-0.05, 0) is 39.0 Å². The smallest absolute Gasteiger partial charge is 0.410 e. The van der Waals surface area contributed by atoms with E-state index in [9.17, 15) is 14.7 Å². The number of rotatable bonds is 11. The van der Waals surface area contributed by atoms with Gasteiger partial charge in [-0.2, -0.15) is 5.10 Å². The Morgan fingerprint density at radius 1 is 1.08 bits per heavy atom. The van der Waals surface area contributed by atoms with Gasteiger partial charge >= 0.3 is 6.09 Å². The molecule has 4 rings (SSSR count). The van der Waals surface area contributed by atoms with E-state index in [-0.39, 0.29) is 32.1 Å². The fourth-order valence-corrected chi connectivity index (χ4v) is 4.38. The Bertz CT molecular complexity index is 1280. The van der Waals surface area contributed by atoms with Crippen molar-refractivity contribution < 1.29 is 24.5 Å². The van der Waals surface area contributed by atoms with Crippen molar-refractivity contribution in [2.75, 3.05) is 51.3 Å². The fraction of sp³-hybridized carbons (Fsp3) is 0.462. The number of carbonyl (C=O) groups is 2. The van der Waals surface area contributed by atoms with E-state index in [1.165, 1.54) is 4.90 Å². The maximum Gasteiger partial charge on any atom is 0.410 e. The molecule has 0 unspecified atom stereocenters. The highest BCUT2D eigenvalue weighted by atomic mass is 16.6. The van der Waals surface area contributed by atoms with Crippen LogP contribution in [0.1, 0.15) is 36.7 Å². The summed E-state index contributed by atoms with van der Waals surface area (Å²) in [6, 6.07) is 5.49. The van der Waals surface area contributed by atoms with Crippen LogP contribution in [0.15, 0.2) is 30.6 Å². The summed E-state index contributed by atoms with van der Waals surface area (Å²) in [6.45, 7) is 7.71. The Balaban J connectivity index is 1.67. The van der Waals surface area contributed by atoms with Gasteiger partial charge in [0.1, 0.15) is 11.3 Å². The Labute approximate surface area is 215 Å². The summed E-state index contributed by atoms with van der Waals surface area (Å²) in [5.41, 5.74) is 3.26. The van der Waals surface area contributed by atoms with Gasteiger partial charge in [0.15, 0.2) is 5.78 Å². The van der Waals surface area contributed by atoms with Gasteiger partial charge in [-0.15, -0.1) is 0 Å². The molecule has 2 heterocycles. The molecule has 0 fully saturated rings. The van der Waals surface area contributed by atoms with Crippen molar-refractivity contribution >= 4 is 28.5 Å². The Morgan fingerprint density at radius 2 is 1.89 bits per heavy atom. The molecule has 0 saturated carbocycles. The third kappa shape index (κ3) is 5.74. The van der Waals surface area contributed by atoms with E-state index in [1.807, 2.05) is 12.1 Å². The molecule has 4 N–H and O–H groups in total. The van der Waals surface area contributed by atoms with Crippen LogP contribution in [0.3, 0.4) is 0 Å². The number of carbonyl (C=O) groups excluding carboxylic acids is 2. The first kappa shape index (κ1) is 26.5. The predicted molar refractivity (Wildman–Crippen MR) is 140 cm³/mol. The Kier molecular flexibility index (Phi) is 8.06. The third-order valence-corrected chi connectivity index (χ3v) is 5.98. The number of pyridine rings is 1. The summed E-state index contributed by atoms with van der Waals surface area (Å²) < 4.78 is 7.27. The molecule has 0 radical (unpaired) electrons. The molecule has 0 spiro atoms. The van der Waals surface area contributed by atoms with Gasteiger partial charge < -0.3 is 30.5 Å². The van der Waals surface area contributed by atoms with E-state index >= 15 is 0 Å². The number of fused-ring (bicyclic) bond motifs is 2. The predicted octanol–water partition coefficient (Wildman–Crippen LogP) is 1.87. The number of benzene rings is 1. The van der Waals surface area contributed by atoms with Crippen LogP contribution in [-0.2, 0) is 11.3 Å². The second-order valence-corrected chi connectivity index (χ2v) is 9.80. The molecule has 11 heteroatoms. The maximum atomic E-state index is 13.6. The lowest BCUT2D eigenvalue weighted by atomic mass is 9.87. The zero-order chi connectivity index (χ0) is 26.6. The SMILES string of the molecule is CC(C)(C)OC(=O)N(CCO)CCn1nc2c3c(c(NCCNCCO)ccc31)C(=O)c1ccncc1-2. The molecule has 0 aliphatic heterocycles. The minimum absolute atomic E-state index is 0.0622. The molecule has 1 amide bonds. The number of aliphatic hydroxyl groups excluding tert-OH is 2. The summed E-state index contributed by atoms with van der Waals surface area (Å²) in [6.07, 6.45) is 2.74. The van der Waals surface area contributed by atoms with Crippen LogP contribution >= 0.6 is 0 Å². The average Bonchev–Trinajstić information content (AvgIpc) is 3.23. The van der Waals surface area contributed by atoms with Crippen molar-refractivity contribution in [3.8, 4) is 11.3 Å². The second-order valence-electron chi connectivity index (χ2n) is 9.80. The lowest BCUT2D eigenvalue weighted by Crippen LogP contribution is -2.40. The molecule has 0 bridgehead atoms. The molecule has 37 heavy (non-hydrogen) atoms. The van der Waals surface area contributed by atoms with Crippen molar-refractivity contribution in [1.82, 2.24) is 25.0 Å². The number of ether oxygens (including phenoxy) is 1. The summed E-state index contributed by atoms with van der Waals surface area (Å²) in [4.78, 5) is 31.9. The topological polar surface area (TPSA) is 142 Å². The highest BCUT2D eigenvalue weighted by Gasteiger charge is 2.31. The minimum atomic E-state index is -0.655. The Hall–Kier alpha value is -3.54. The van der Waals surface area contributed by atoms with Crippen LogP contribution in [0.2, 0.25) is 0 Å². The number of hydrogen-bond acceptors (Lipinski definition) is 9. The van der Waals surface area contributed by atoms with E-state index in [1.54, 1.807) is 43.9 Å². The molecule has 1 aromatic carbocycles. The van der Waals surface area contributed by atoms with Crippen LogP contribution in [0, 0.1) is 0 Å². The molecule has 0 atom stereocenters. The van der Waals surface area contributed by atoms with Crippen LogP contribution in [0.5, 0.6) is 0 Å². The maximum absolute atomic E-state index is 13.6. The van der Waals surface area contributed by atoms with Crippen molar-refractivity contribution in [3.63, 3.8) is 0 Å². The zero-order valence-electron chi connectivity index (χ0n) is 21.5. The number of hydrogen-bond donors (Lipinski definition) is 4. The largest absolute Gasteiger partial charge is 0.444 e. The monoisotopic (exact) mass is 510 g/mol. The number of aromatic nitrogens is 3. The molecule has 3 aromatic rings. The summed E-state index contributed by atoms with van der Waals surface area (Å²) >= 11 is 0. The van der Waals surface area contributed by atoms with Crippen molar-refractivity contribution in [2.24, 2.45) is 0 Å². The van der Waals surface area contributed by atoms with Crippen molar-refractivity contribution in [3.05, 3.63) is 41.7 Å². The van der Waals surface area contributed by atoms with Crippen LogP contribution in [0.4, 0.5) is 10.5 Å². The number of ketones is 1. The number of nitrogens with zero attached hydrogens (tertiary/aromatic N) is 4. The third-order valence-electron chi connectivity index (χ3n) is 5.98. The lowest BCUT2D eigenvalue weighted by molar-refractivity contribution is 0.0211. The van der Waals surface area contributed by atoms with Crippen LogP contribution in [0.25, 0.3) is 22.2 Å². The zero-order valence-corrected chi connectivity index (χ0v) is 21.5. The van der Waals surface area contributed by atoms with Gasteiger partial charge in [-0.3, -0.25) is 14.5 Å². The van der Waals surface area contributed by atoms with E-state index in [0.717, 1.165) is 10.9 Å². The fourth-order valence-electron chi connectivity index (χ4n) is 4.38. The molecular weight excluding hydrogens is 476 g/mol. The first-order chi connectivity index (χ1) is 17.7. The highest BCUT2D eigenvalue weighted by molar-refractivity contribution is 6.27. The quantitative estimate of drug-likeness (QED) is 0.222. The highest BCUT2D eigenvalue weighted by Crippen LogP contribution is 2.41. The van der Waals surface area contributed by atoms with E-state index in [0.29, 0.717) is 54.3 Å². The average molecular weight is 511 g/mol. The van der Waals surface area contributed by atoms with Gasteiger partial charge in [-0.1, -0.05) is 0 Å². The van der Waals surface area contributed by atoms with Gasteiger partial charge in [0, 0.05) is 67.3 Å². The second kappa shape index (κ2) is 11.2. The van der Waals surface area contributed by atoms with E-state index in [4.69, 9.17) is 14.9 Å².